The molecule has 0 fully saturated rings. The summed E-state index contributed by atoms with van der Waals surface area (Å²) in [5.41, 5.74) is 1.98. The first-order valence-electron chi connectivity index (χ1n) is 7.66. The molecular weight excluding hydrogens is 266 g/mol. The summed E-state index contributed by atoms with van der Waals surface area (Å²) in [7, 11) is 0. The highest BCUT2D eigenvalue weighted by Gasteiger charge is 2.16. The smallest absolute Gasteiger partial charge is 0.118 e. The minimum absolute atomic E-state index is 0.0270. The minimum Gasteiger partial charge on any atom is -0.508 e. The molecular formula is C17H29NO3. The van der Waals surface area contributed by atoms with Gasteiger partial charge in [0.25, 0.3) is 0 Å². The molecule has 1 aromatic rings. The van der Waals surface area contributed by atoms with Crippen molar-refractivity contribution >= 4 is 0 Å². The fourth-order valence-corrected chi connectivity index (χ4v) is 2.17. The number of benzene rings is 1. The minimum atomic E-state index is -0.479. The molecule has 0 aromatic heterocycles. The van der Waals surface area contributed by atoms with Crippen molar-refractivity contribution in [1.82, 2.24) is 5.32 Å². The number of hydrogen-bond donors (Lipinski definition) is 4. The van der Waals surface area contributed by atoms with Gasteiger partial charge in [-0.15, -0.1) is 0 Å². The van der Waals surface area contributed by atoms with Crippen LogP contribution in [0, 0.1) is 0 Å². The summed E-state index contributed by atoms with van der Waals surface area (Å²) in [4.78, 5) is 0. The maximum absolute atomic E-state index is 10.1. The van der Waals surface area contributed by atoms with Crippen LogP contribution in [0.3, 0.4) is 0 Å². The molecule has 1 unspecified atom stereocenters. The van der Waals surface area contributed by atoms with Crippen LogP contribution in [0.15, 0.2) is 18.2 Å². The molecule has 0 spiro atoms. The van der Waals surface area contributed by atoms with Gasteiger partial charge in [-0.1, -0.05) is 32.9 Å². The quantitative estimate of drug-likeness (QED) is 0.553. The van der Waals surface area contributed by atoms with E-state index in [1.54, 1.807) is 6.07 Å². The molecule has 0 saturated heterocycles. The monoisotopic (exact) mass is 295 g/mol. The first kappa shape index (κ1) is 18.0. The average Bonchev–Trinajstić information content (AvgIpc) is 2.40. The lowest BCUT2D eigenvalue weighted by molar-refractivity contribution is 0.163. The SMILES string of the molecule is CC(C)(C)c1ccc(O)c(CC(O)CCNCCCO)c1. The third-order valence-electron chi connectivity index (χ3n) is 3.57. The number of nitrogens with one attached hydrogen (secondary N) is 1. The molecule has 0 bridgehead atoms. The van der Waals surface area contributed by atoms with Gasteiger partial charge in [0.15, 0.2) is 0 Å². The van der Waals surface area contributed by atoms with Crippen LogP contribution in [0.1, 0.15) is 44.7 Å². The van der Waals surface area contributed by atoms with E-state index in [0.717, 1.165) is 24.1 Å². The highest BCUT2D eigenvalue weighted by Crippen LogP contribution is 2.28. The molecule has 0 aliphatic heterocycles. The van der Waals surface area contributed by atoms with Gasteiger partial charge in [-0.25, -0.2) is 0 Å². The first-order chi connectivity index (χ1) is 9.84. The predicted octanol–water partition coefficient (Wildman–Crippen LogP) is 1.96. The lowest BCUT2D eigenvalue weighted by Gasteiger charge is -2.21. The molecule has 0 aliphatic carbocycles. The maximum Gasteiger partial charge on any atom is 0.118 e. The van der Waals surface area contributed by atoms with Crippen LogP contribution in [0.2, 0.25) is 0 Å². The van der Waals surface area contributed by atoms with Gasteiger partial charge in [0.1, 0.15) is 5.75 Å². The summed E-state index contributed by atoms with van der Waals surface area (Å²) in [6.07, 6.45) is 1.33. The van der Waals surface area contributed by atoms with E-state index >= 15 is 0 Å². The van der Waals surface area contributed by atoms with Crippen molar-refractivity contribution in [2.24, 2.45) is 0 Å². The summed E-state index contributed by atoms with van der Waals surface area (Å²) >= 11 is 0. The number of phenols is 1. The van der Waals surface area contributed by atoms with Crippen molar-refractivity contribution < 1.29 is 15.3 Å². The Morgan fingerprint density at radius 1 is 1.19 bits per heavy atom. The Morgan fingerprint density at radius 3 is 2.52 bits per heavy atom. The summed E-state index contributed by atoms with van der Waals surface area (Å²) in [5, 5.41) is 31.9. The summed E-state index contributed by atoms with van der Waals surface area (Å²) in [5.74, 6) is 0.246. The molecule has 4 nitrogen and oxygen atoms in total. The van der Waals surface area contributed by atoms with Crippen LogP contribution >= 0.6 is 0 Å². The Labute approximate surface area is 127 Å². The van der Waals surface area contributed by atoms with Crippen molar-refractivity contribution in [2.75, 3.05) is 19.7 Å². The second-order valence-electron chi connectivity index (χ2n) is 6.57. The molecule has 0 amide bonds. The van der Waals surface area contributed by atoms with Crippen LogP contribution in [0.25, 0.3) is 0 Å². The number of rotatable bonds is 8. The van der Waals surface area contributed by atoms with E-state index in [-0.39, 0.29) is 17.8 Å². The van der Waals surface area contributed by atoms with Gasteiger partial charge in [-0.3, -0.25) is 0 Å². The third-order valence-corrected chi connectivity index (χ3v) is 3.57. The van der Waals surface area contributed by atoms with Gasteiger partial charge in [-0.05, 0) is 48.5 Å². The zero-order valence-corrected chi connectivity index (χ0v) is 13.4. The van der Waals surface area contributed by atoms with Gasteiger partial charge < -0.3 is 20.6 Å². The fourth-order valence-electron chi connectivity index (χ4n) is 2.17. The van der Waals surface area contributed by atoms with Crippen molar-refractivity contribution in [3.05, 3.63) is 29.3 Å². The number of aliphatic hydroxyl groups excluding tert-OH is 2. The molecule has 0 radical (unpaired) electrons. The molecule has 4 N–H and O–H groups in total. The molecule has 120 valence electrons. The van der Waals surface area contributed by atoms with E-state index in [4.69, 9.17) is 5.11 Å². The van der Waals surface area contributed by atoms with Gasteiger partial charge in [0.05, 0.1) is 6.10 Å². The van der Waals surface area contributed by atoms with Crippen LogP contribution in [-0.4, -0.2) is 41.1 Å². The third kappa shape index (κ3) is 6.46. The molecule has 1 rings (SSSR count). The Kier molecular flexibility index (Phi) is 7.15. The Morgan fingerprint density at radius 2 is 1.90 bits per heavy atom. The predicted molar refractivity (Wildman–Crippen MR) is 85.7 cm³/mol. The van der Waals surface area contributed by atoms with Gasteiger partial charge in [0, 0.05) is 13.0 Å². The summed E-state index contributed by atoms with van der Waals surface area (Å²) < 4.78 is 0. The fraction of sp³-hybridized carbons (Fsp3) is 0.647. The lowest BCUT2D eigenvalue weighted by atomic mass is 9.85. The molecule has 0 heterocycles. The number of hydrogen-bond acceptors (Lipinski definition) is 4. The molecule has 0 saturated carbocycles. The van der Waals surface area contributed by atoms with Crippen molar-refractivity contribution in [3.8, 4) is 5.75 Å². The summed E-state index contributed by atoms with van der Waals surface area (Å²) in [6.45, 7) is 8.04. The molecule has 21 heavy (non-hydrogen) atoms. The zero-order valence-electron chi connectivity index (χ0n) is 13.4. The van der Waals surface area contributed by atoms with Crippen LogP contribution < -0.4 is 5.32 Å². The largest absolute Gasteiger partial charge is 0.508 e. The van der Waals surface area contributed by atoms with E-state index in [1.165, 1.54) is 0 Å². The summed E-state index contributed by atoms with van der Waals surface area (Å²) in [6, 6.07) is 5.63. The molecule has 1 atom stereocenters. The highest BCUT2D eigenvalue weighted by atomic mass is 16.3. The van der Waals surface area contributed by atoms with Crippen molar-refractivity contribution in [3.63, 3.8) is 0 Å². The second kappa shape index (κ2) is 8.37. The molecule has 4 heteroatoms. The van der Waals surface area contributed by atoms with Gasteiger partial charge in [0.2, 0.25) is 0 Å². The van der Waals surface area contributed by atoms with Crippen LogP contribution in [0.5, 0.6) is 5.75 Å². The Bertz CT molecular complexity index is 427. The van der Waals surface area contributed by atoms with E-state index < -0.39 is 6.10 Å². The second-order valence-corrected chi connectivity index (χ2v) is 6.57. The van der Waals surface area contributed by atoms with E-state index in [9.17, 15) is 10.2 Å². The maximum atomic E-state index is 10.1. The van der Waals surface area contributed by atoms with E-state index in [1.807, 2.05) is 12.1 Å². The standard InChI is InChI=1S/C17H29NO3/c1-17(2,3)14-5-6-16(21)13(11-14)12-15(20)7-9-18-8-4-10-19/h5-6,11,15,18-21H,4,7-10,12H2,1-3H3. The highest BCUT2D eigenvalue weighted by molar-refractivity contribution is 5.39. The van der Waals surface area contributed by atoms with Crippen molar-refractivity contribution in [1.29, 1.82) is 0 Å². The average molecular weight is 295 g/mol. The van der Waals surface area contributed by atoms with Crippen molar-refractivity contribution in [2.45, 2.75) is 51.6 Å². The van der Waals surface area contributed by atoms with Gasteiger partial charge in [-0.2, -0.15) is 0 Å². The topological polar surface area (TPSA) is 72.7 Å². The van der Waals surface area contributed by atoms with Crippen LogP contribution in [0.4, 0.5) is 0 Å². The Balaban J connectivity index is 2.53. The Hall–Kier alpha value is -1.10. The van der Waals surface area contributed by atoms with Gasteiger partial charge >= 0.3 is 0 Å². The molecule has 1 aromatic carbocycles. The number of aliphatic hydroxyl groups is 2. The number of aromatic hydroxyl groups is 1. The molecule has 0 aliphatic rings. The lowest BCUT2D eigenvalue weighted by Crippen LogP contribution is -2.23. The first-order valence-corrected chi connectivity index (χ1v) is 7.66. The van der Waals surface area contributed by atoms with E-state index in [0.29, 0.717) is 19.4 Å². The zero-order chi connectivity index (χ0) is 15.9. The van der Waals surface area contributed by atoms with Crippen LogP contribution in [-0.2, 0) is 11.8 Å². The van der Waals surface area contributed by atoms with E-state index in [2.05, 4.69) is 26.1 Å². The normalized spacial score (nSPS) is 13.4. The number of phenolic OH excluding ortho intramolecular Hbond substituents is 1.